The lowest BCUT2D eigenvalue weighted by molar-refractivity contribution is -0.137. The SMILES string of the molecule is CCCC(CN)C(=O)N1CCN(CC(=O)NC)CC1. The minimum atomic E-state index is -0.0458. The van der Waals surface area contributed by atoms with Crippen LogP contribution in [0.3, 0.4) is 0 Å². The Kier molecular flexibility index (Phi) is 6.80. The summed E-state index contributed by atoms with van der Waals surface area (Å²) < 4.78 is 0. The zero-order valence-corrected chi connectivity index (χ0v) is 12.0. The maximum Gasteiger partial charge on any atom is 0.233 e. The van der Waals surface area contributed by atoms with Gasteiger partial charge in [-0.15, -0.1) is 0 Å². The van der Waals surface area contributed by atoms with Gasteiger partial charge in [-0.05, 0) is 6.42 Å². The Hall–Kier alpha value is -1.14. The van der Waals surface area contributed by atoms with Gasteiger partial charge in [0.05, 0.1) is 12.5 Å². The molecule has 0 aromatic rings. The molecule has 1 aliphatic rings. The molecule has 1 heterocycles. The molecule has 1 aliphatic heterocycles. The summed E-state index contributed by atoms with van der Waals surface area (Å²) in [6.45, 7) is 5.79. The Morgan fingerprint density at radius 1 is 1.26 bits per heavy atom. The molecule has 1 fully saturated rings. The van der Waals surface area contributed by atoms with Gasteiger partial charge in [0.2, 0.25) is 11.8 Å². The topological polar surface area (TPSA) is 78.7 Å². The second-order valence-corrected chi connectivity index (χ2v) is 5.00. The van der Waals surface area contributed by atoms with Crippen LogP contribution >= 0.6 is 0 Å². The molecular formula is C13H26N4O2. The molecule has 2 amide bonds. The van der Waals surface area contributed by atoms with Gasteiger partial charge in [0.15, 0.2) is 0 Å². The molecule has 0 bridgehead atoms. The summed E-state index contributed by atoms with van der Waals surface area (Å²) in [6.07, 6.45) is 1.83. The standard InChI is InChI=1S/C13H26N4O2/c1-3-4-11(9-14)13(19)17-7-5-16(6-8-17)10-12(18)15-2/h11H,3-10,14H2,1-2H3,(H,15,18). The molecule has 1 unspecified atom stereocenters. The predicted molar refractivity (Wildman–Crippen MR) is 74.5 cm³/mol. The van der Waals surface area contributed by atoms with Gasteiger partial charge in [0.1, 0.15) is 0 Å². The van der Waals surface area contributed by atoms with Crippen LogP contribution in [0.15, 0.2) is 0 Å². The van der Waals surface area contributed by atoms with Gasteiger partial charge in [-0.2, -0.15) is 0 Å². The first-order valence-corrected chi connectivity index (χ1v) is 7.04. The van der Waals surface area contributed by atoms with Gasteiger partial charge in [-0.25, -0.2) is 0 Å². The van der Waals surface area contributed by atoms with E-state index in [1.165, 1.54) is 0 Å². The van der Waals surface area contributed by atoms with E-state index in [1.807, 2.05) is 4.90 Å². The van der Waals surface area contributed by atoms with Gasteiger partial charge in [-0.1, -0.05) is 13.3 Å². The number of piperazine rings is 1. The molecular weight excluding hydrogens is 244 g/mol. The van der Waals surface area contributed by atoms with Crippen LogP contribution in [0.5, 0.6) is 0 Å². The summed E-state index contributed by atoms with van der Waals surface area (Å²) in [4.78, 5) is 27.5. The summed E-state index contributed by atoms with van der Waals surface area (Å²) in [6, 6.07) is 0. The minimum Gasteiger partial charge on any atom is -0.358 e. The number of hydrogen-bond acceptors (Lipinski definition) is 4. The highest BCUT2D eigenvalue weighted by Crippen LogP contribution is 2.11. The van der Waals surface area contributed by atoms with E-state index in [0.717, 1.165) is 25.9 Å². The molecule has 6 heteroatoms. The number of carbonyl (C=O) groups is 2. The van der Waals surface area contributed by atoms with Gasteiger partial charge < -0.3 is 16.0 Å². The maximum absolute atomic E-state index is 12.3. The third-order valence-electron chi connectivity index (χ3n) is 3.60. The summed E-state index contributed by atoms with van der Waals surface area (Å²) in [5, 5.41) is 2.61. The van der Waals surface area contributed by atoms with Gasteiger partial charge in [0, 0.05) is 39.8 Å². The number of nitrogens with zero attached hydrogens (tertiary/aromatic N) is 2. The Morgan fingerprint density at radius 2 is 1.89 bits per heavy atom. The van der Waals surface area contributed by atoms with Crippen molar-refractivity contribution in [2.24, 2.45) is 11.7 Å². The largest absolute Gasteiger partial charge is 0.358 e. The minimum absolute atomic E-state index is 0.0191. The van der Waals surface area contributed by atoms with E-state index in [2.05, 4.69) is 17.1 Å². The van der Waals surface area contributed by atoms with E-state index in [1.54, 1.807) is 7.05 Å². The average molecular weight is 270 g/mol. The van der Waals surface area contributed by atoms with Gasteiger partial charge >= 0.3 is 0 Å². The monoisotopic (exact) mass is 270 g/mol. The maximum atomic E-state index is 12.3. The van der Waals surface area contributed by atoms with Crippen LogP contribution in [-0.4, -0.2) is 67.9 Å². The lowest BCUT2D eigenvalue weighted by Gasteiger charge is -2.35. The van der Waals surface area contributed by atoms with Crippen molar-refractivity contribution in [1.82, 2.24) is 15.1 Å². The average Bonchev–Trinajstić information content (AvgIpc) is 2.44. The highest BCUT2D eigenvalue weighted by Gasteiger charge is 2.26. The number of carbonyl (C=O) groups excluding carboxylic acids is 2. The van der Waals surface area contributed by atoms with Crippen molar-refractivity contribution in [3.8, 4) is 0 Å². The van der Waals surface area contributed by atoms with Crippen LogP contribution in [0.25, 0.3) is 0 Å². The van der Waals surface area contributed by atoms with Crippen LogP contribution in [0.4, 0.5) is 0 Å². The Bertz CT molecular complexity index is 301. The molecule has 3 N–H and O–H groups in total. The Balaban J connectivity index is 2.40. The fourth-order valence-electron chi connectivity index (χ4n) is 2.36. The molecule has 19 heavy (non-hydrogen) atoms. The van der Waals surface area contributed by atoms with Crippen molar-refractivity contribution in [1.29, 1.82) is 0 Å². The lowest BCUT2D eigenvalue weighted by Crippen LogP contribution is -2.52. The number of rotatable bonds is 6. The predicted octanol–water partition coefficient (Wildman–Crippen LogP) is -0.748. The molecule has 1 atom stereocenters. The summed E-state index contributed by atoms with van der Waals surface area (Å²) >= 11 is 0. The highest BCUT2D eigenvalue weighted by molar-refractivity contribution is 5.79. The summed E-state index contributed by atoms with van der Waals surface area (Å²) in [5.41, 5.74) is 5.67. The summed E-state index contributed by atoms with van der Waals surface area (Å²) in [7, 11) is 1.64. The smallest absolute Gasteiger partial charge is 0.233 e. The van der Waals surface area contributed by atoms with Crippen LogP contribution in [0, 0.1) is 5.92 Å². The molecule has 0 aliphatic carbocycles. The van der Waals surface area contributed by atoms with E-state index < -0.39 is 0 Å². The first-order valence-electron chi connectivity index (χ1n) is 7.04. The molecule has 0 saturated carbocycles. The molecule has 0 spiro atoms. The number of nitrogens with two attached hydrogens (primary N) is 1. The van der Waals surface area contributed by atoms with Gasteiger partial charge in [-0.3, -0.25) is 14.5 Å². The lowest BCUT2D eigenvalue weighted by atomic mass is 10.0. The van der Waals surface area contributed by atoms with Crippen molar-refractivity contribution < 1.29 is 9.59 Å². The van der Waals surface area contributed by atoms with Crippen LogP contribution in [-0.2, 0) is 9.59 Å². The Labute approximate surface area is 115 Å². The summed E-state index contributed by atoms with van der Waals surface area (Å²) in [5.74, 6) is 0.144. The quantitative estimate of drug-likeness (QED) is 0.666. The van der Waals surface area contributed by atoms with Crippen molar-refractivity contribution >= 4 is 11.8 Å². The normalized spacial score (nSPS) is 18.2. The van der Waals surface area contributed by atoms with Crippen LogP contribution in [0.1, 0.15) is 19.8 Å². The Morgan fingerprint density at radius 3 is 2.37 bits per heavy atom. The van der Waals surface area contributed by atoms with E-state index in [0.29, 0.717) is 26.2 Å². The zero-order chi connectivity index (χ0) is 14.3. The number of likely N-dealkylation sites (N-methyl/N-ethyl adjacent to an activating group) is 1. The van der Waals surface area contributed by atoms with E-state index in [9.17, 15) is 9.59 Å². The fraction of sp³-hybridized carbons (Fsp3) is 0.846. The van der Waals surface area contributed by atoms with Gasteiger partial charge in [0.25, 0.3) is 0 Å². The fourth-order valence-corrected chi connectivity index (χ4v) is 2.36. The molecule has 6 nitrogen and oxygen atoms in total. The van der Waals surface area contributed by atoms with Crippen LogP contribution in [0.2, 0.25) is 0 Å². The number of amides is 2. The number of nitrogens with one attached hydrogen (secondary N) is 1. The van der Waals surface area contributed by atoms with E-state index >= 15 is 0 Å². The first kappa shape index (κ1) is 15.9. The molecule has 1 rings (SSSR count). The van der Waals surface area contributed by atoms with E-state index in [4.69, 9.17) is 5.73 Å². The van der Waals surface area contributed by atoms with Crippen molar-refractivity contribution in [3.63, 3.8) is 0 Å². The van der Waals surface area contributed by atoms with E-state index in [-0.39, 0.29) is 17.7 Å². The first-order chi connectivity index (χ1) is 9.12. The molecule has 0 radical (unpaired) electrons. The number of hydrogen-bond donors (Lipinski definition) is 2. The molecule has 110 valence electrons. The third-order valence-corrected chi connectivity index (χ3v) is 3.60. The second-order valence-electron chi connectivity index (χ2n) is 5.00. The van der Waals surface area contributed by atoms with Crippen molar-refractivity contribution in [2.45, 2.75) is 19.8 Å². The van der Waals surface area contributed by atoms with Crippen molar-refractivity contribution in [3.05, 3.63) is 0 Å². The van der Waals surface area contributed by atoms with Crippen molar-refractivity contribution in [2.75, 3.05) is 46.3 Å². The van der Waals surface area contributed by atoms with Crippen LogP contribution < -0.4 is 11.1 Å². The third kappa shape index (κ3) is 4.80. The molecule has 0 aromatic heterocycles. The second kappa shape index (κ2) is 8.12. The molecule has 1 saturated heterocycles. The zero-order valence-electron chi connectivity index (χ0n) is 12.0. The molecule has 0 aromatic carbocycles. The highest BCUT2D eigenvalue weighted by atomic mass is 16.2.